The highest BCUT2D eigenvalue weighted by Gasteiger charge is 2.07. The summed E-state index contributed by atoms with van der Waals surface area (Å²) >= 11 is 5.75. The molecule has 1 N–H and O–H groups in total. The Morgan fingerprint density at radius 3 is 2.61 bits per heavy atom. The van der Waals surface area contributed by atoms with Crippen molar-refractivity contribution in [2.45, 2.75) is 32.7 Å². The van der Waals surface area contributed by atoms with Crippen LogP contribution < -0.4 is 5.32 Å². The van der Waals surface area contributed by atoms with Crippen LogP contribution in [0.4, 0.5) is 8.78 Å². The molecule has 1 unspecified atom stereocenters. The van der Waals surface area contributed by atoms with Crippen molar-refractivity contribution in [2.24, 2.45) is 5.92 Å². The van der Waals surface area contributed by atoms with Gasteiger partial charge in [-0.15, -0.1) is 11.6 Å². The van der Waals surface area contributed by atoms with Crippen LogP contribution in [0.5, 0.6) is 0 Å². The molecule has 0 saturated heterocycles. The van der Waals surface area contributed by atoms with Gasteiger partial charge in [0.05, 0.1) is 0 Å². The molecule has 0 aromatic heterocycles. The van der Waals surface area contributed by atoms with E-state index >= 15 is 0 Å². The van der Waals surface area contributed by atoms with Crippen molar-refractivity contribution in [3.8, 4) is 0 Å². The molecule has 18 heavy (non-hydrogen) atoms. The van der Waals surface area contributed by atoms with E-state index in [1.807, 2.05) is 0 Å². The third-order valence-corrected chi connectivity index (χ3v) is 3.18. The number of rotatable bonds is 8. The van der Waals surface area contributed by atoms with Gasteiger partial charge >= 0.3 is 0 Å². The van der Waals surface area contributed by atoms with E-state index in [4.69, 9.17) is 11.6 Å². The first kappa shape index (κ1) is 15.4. The second-order valence-corrected chi connectivity index (χ2v) is 4.89. The van der Waals surface area contributed by atoms with Crippen molar-refractivity contribution in [1.29, 1.82) is 0 Å². The molecule has 0 aliphatic carbocycles. The predicted octanol–water partition coefficient (Wildman–Crippen LogP) is 4.10. The molecule has 0 saturated carbocycles. The van der Waals surface area contributed by atoms with Gasteiger partial charge in [0, 0.05) is 12.4 Å². The summed E-state index contributed by atoms with van der Waals surface area (Å²) in [7, 11) is 0. The zero-order valence-electron chi connectivity index (χ0n) is 10.7. The van der Waals surface area contributed by atoms with Gasteiger partial charge in [0.1, 0.15) is 0 Å². The summed E-state index contributed by atoms with van der Waals surface area (Å²) in [5, 5.41) is 3.27. The van der Waals surface area contributed by atoms with Crippen molar-refractivity contribution in [3.63, 3.8) is 0 Å². The minimum Gasteiger partial charge on any atom is -0.312 e. The fourth-order valence-corrected chi connectivity index (χ4v) is 2.29. The molecule has 0 radical (unpaired) electrons. The molecule has 1 atom stereocenters. The smallest absolute Gasteiger partial charge is 0.159 e. The van der Waals surface area contributed by atoms with Crippen molar-refractivity contribution < 1.29 is 8.78 Å². The van der Waals surface area contributed by atoms with Crippen LogP contribution >= 0.6 is 11.6 Å². The molecule has 4 heteroatoms. The van der Waals surface area contributed by atoms with Crippen LogP contribution in [-0.4, -0.2) is 12.4 Å². The standard InChI is InChI=1S/C14H20ClF2N/c1-2-3-11(6-7-15)9-18-10-12-4-5-13(16)14(17)8-12/h4-5,8,11,18H,2-3,6-7,9-10H2,1H3. The first-order valence-corrected chi connectivity index (χ1v) is 6.91. The number of alkyl halides is 1. The van der Waals surface area contributed by atoms with Gasteiger partial charge in [0.2, 0.25) is 0 Å². The van der Waals surface area contributed by atoms with Crippen molar-refractivity contribution >= 4 is 11.6 Å². The third-order valence-electron chi connectivity index (χ3n) is 2.96. The highest BCUT2D eigenvalue weighted by Crippen LogP contribution is 2.12. The Hall–Kier alpha value is -0.670. The van der Waals surface area contributed by atoms with E-state index in [1.54, 1.807) is 6.07 Å². The summed E-state index contributed by atoms with van der Waals surface area (Å²) in [4.78, 5) is 0. The molecule has 0 fully saturated rings. The maximum absolute atomic E-state index is 13.0. The number of nitrogens with one attached hydrogen (secondary N) is 1. The monoisotopic (exact) mass is 275 g/mol. The molecular weight excluding hydrogens is 256 g/mol. The van der Waals surface area contributed by atoms with Gasteiger partial charge in [0.25, 0.3) is 0 Å². The molecule has 1 aromatic carbocycles. The second kappa shape index (κ2) is 8.44. The average Bonchev–Trinajstić information content (AvgIpc) is 2.34. The number of hydrogen-bond acceptors (Lipinski definition) is 1. The molecule has 1 nitrogen and oxygen atoms in total. The summed E-state index contributed by atoms with van der Waals surface area (Å²) in [6, 6.07) is 4.00. The summed E-state index contributed by atoms with van der Waals surface area (Å²) < 4.78 is 25.7. The third kappa shape index (κ3) is 5.32. The maximum Gasteiger partial charge on any atom is 0.159 e. The molecule has 0 spiro atoms. The highest BCUT2D eigenvalue weighted by atomic mass is 35.5. The van der Waals surface area contributed by atoms with Crippen molar-refractivity contribution in [1.82, 2.24) is 5.32 Å². The highest BCUT2D eigenvalue weighted by molar-refractivity contribution is 6.17. The van der Waals surface area contributed by atoms with E-state index in [0.29, 0.717) is 18.3 Å². The van der Waals surface area contributed by atoms with E-state index in [2.05, 4.69) is 12.2 Å². The first-order valence-electron chi connectivity index (χ1n) is 6.38. The Labute approximate surface area is 113 Å². The summed E-state index contributed by atoms with van der Waals surface area (Å²) in [5.74, 6) is -0.375. The van der Waals surface area contributed by atoms with E-state index < -0.39 is 11.6 Å². The van der Waals surface area contributed by atoms with Crippen LogP contribution in [0.15, 0.2) is 18.2 Å². The molecule has 0 amide bonds. The molecule has 0 aliphatic heterocycles. The molecule has 0 heterocycles. The SMILES string of the molecule is CCCC(CCCl)CNCc1ccc(F)c(F)c1. The topological polar surface area (TPSA) is 12.0 Å². The zero-order valence-corrected chi connectivity index (χ0v) is 11.4. The second-order valence-electron chi connectivity index (χ2n) is 4.51. The van der Waals surface area contributed by atoms with Crippen LogP contribution in [-0.2, 0) is 6.54 Å². The lowest BCUT2D eigenvalue weighted by Gasteiger charge is -2.15. The fourth-order valence-electron chi connectivity index (χ4n) is 1.98. The number of halogens is 3. The lowest BCUT2D eigenvalue weighted by molar-refractivity contribution is 0.430. The van der Waals surface area contributed by atoms with Gasteiger partial charge in [-0.3, -0.25) is 0 Å². The molecule has 102 valence electrons. The summed E-state index contributed by atoms with van der Waals surface area (Å²) in [6.45, 7) is 3.57. The Morgan fingerprint density at radius 1 is 1.22 bits per heavy atom. The van der Waals surface area contributed by atoms with Gasteiger partial charge in [-0.25, -0.2) is 8.78 Å². The minimum atomic E-state index is -0.801. The van der Waals surface area contributed by atoms with E-state index in [-0.39, 0.29) is 0 Å². The van der Waals surface area contributed by atoms with Gasteiger partial charge in [0.15, 0.2) is 11.6 Å². The van der Waals surface area contributed by atoms with Crippen LogP contribution in [0.2, 0.25) is 0 Å². The van der Waals surface area contributed by atoms with Gasteiger partial charge < -0.3 is 5.32 Å². The van der Waals surface area contributed by atoms with Gasteiger partial charge in [-0.05, 0) is 43.0 Å². The average molecular weight is 276 g/mol. The lowest BCUT2D eigenvalue weighted by Crippen LogP contribution is -2.23. The Bertz CT molecular complexity index is 352. The van der Waals surface area contributed by atoms with Crippen LogP contribution in [0, 0.1) is 17.6 Å². The van der Waals surface area contributed by atoms with Gasteiger partial charge in [-0.2, -0.15) is 0 Å². The molecule has 0 aliphatic rings. The van der Waals surface area contributed by atoms with E-state index in [0.717, 1.165) is 37.4 Å². The van der Waals surface area contributed by atoms with Crippen molar-refractivity contribution in [2.75, 3.05) is 12.4 Å². The number of benzene rings is 1. The normalized spacial score (nSPS) is 12.7. The van der Waals surface area contributed by atoms with Crippen molar-refractivity contribution in [3.05, 3.63) is 35.4 Å². The molecule has 0 bridgehead atoms. The first-order chi connectivity index (χ1) is 8.67. The largest absolute Gasteiger partial charge is 0.312 e. The Balaban J connectivity index is 2.37. The van der Waals surface area contributed by atoms with Crippen LogP contribution in [0.25, 0.3) is 0 Å². The molecule has 1 rings (SSSR count). The zero-order chi connectivity index (χ0) is 13.4. The quantitative estimate of drug-likeness (QED) is 0.705. The number of hydrogen-bond donors (Lipinski definition) is 1. The van der Waals surface area contributed by atoms with Crippen LogP contribution in [0.3, 0.4) is 0 Å². The molecule has 1 aromatic rings. The minimum absolute atomic E-state index is 0.554. The molecular formula is C14H20ClF2N. The fraction of sp³-hybridized carbons (Fsp3) is 0.571. The predicted molar refractivity (Wildman–Crippen MR) is 71.8 cm³/mol. The Kier molecular flexibility index (Phi) is 7.21. The van der Waals surface area contributed by atoms with Gasteiger partial charge in [-0.1, -0.05) is 19.4 Å². The summed E-state index contributed by atoms with van der Waals surface area (Å²) in [5.41, 5.74) is 0.759. The maximum atomic E-state index is 13.0. The van der Waals surface area contributed by atoms with E-state index in [9.17, 15) is 8.78 Å². The summed E-state index contributed by atoms with van der Waals surface area (Å²) in [6.07, 6.45) is 3.26. The Morgan fingerprint density at radius 2 is 2.00 bits per heavy atom. The van der Waals surface area contributed by atoms with Crippen LogP contribution in [0.1, 0.15) is 31.7 Å². The van der Waals surface area contributed by atoms with E-state index in [1.165, 1.54) is 6.07 Å². The lowest BCUT2D eigenvalue weighted by atomic mass is 10.0.